The molecule has 1 aromatic carbocycles. The van der Waals surface area contributed by atoms with Crippen LogP contribution >= 0.6 is 11.3 Å². The van der Waals surface area contributed by atoms with Gasteiger partial charge < -0.3 is 10.1 Å². The molecule has 1 saturated carbocycles. The SMILES string of the molecule is COC(=O)[C@H]1CC(Cc2ccnc(Nc3ncc(-c4ccccc4)s3)c2)C[C@H]1C. The lowest BCUT2D eigenvalue weighted by atomic mass is 9.97. The molecule has 150 valence electrons. The molecule has 6 heteroatoms. The summed E-state index contributed by atoms with van der Waals surface area (Å²) in [7, 11) is 1.48. The number of rotatable bonds is 6. The van der Waals surface area contributed by atoms with E-state index in [0.717, 1.165) is 40.7 Å². The summed E-state index contributed by atoms with van der Waals surface area (Å²) in [6.07, 6.45) is 6.62. The van der Waals surface area contributed by atoms with Gasteiger partial charge in [0.2, 0.25) is 0 Å². The molecule has 1 N–H and O–H groups in total. The maximum atomic E-state index is 11.9. The second kappa shape index (κ2) is 8.74. The second-order valence-electron chi connectivity index (χ2n) is 7.72. The first-order valence-corrected chi connectivity index (χ1v) is 10.7. The van der Waals surface area contributed by atoms with E-state index in [2.05, 4.69) is 46.5 Å². The van der Waals surface area contributed by atoms with E-state index >= 15 is 0 Å². The number of hydrogen-bond donors (Lipinski definition) is 1. The number of aromatic nitrogens is 2. The molecule has 0 saturated heterocycles. The number of nitrogens with one attached hydrogen (secondary N) is 1. The van der Waals surface area contributed by atoms with Crippen LogP contribution in [-0.4, -0.2) is 23.0 Å². The van der Waals surface area contributed by atoms with Crippen molar-refractivity contribution in [3.8, 4) is 10.4 Å². The van der Waals surface area contributed by atoms with E-state index < -0.39 is 0 Å². The Morgan fingerprint density at radius 1 is 1.21 bits per heavy atom. The molecular weight excluding hydrogens is 382 g/mol. The normalized spacial score (nSPS) is 21.1. The number of carbonyl (C=O) groups excluding carboxylic acids is 1. The van der Waals surface area contributed by atoms with E-state index in [9.17, 15) is 4.79 Å². The number of nitrogens with zero attached hydrogens (tertiary/aromatic N) is 2. The third-order valence-electron chi connectivity index (χ3n) is 5.63. The van der Waals surface area contributed by atoms with Gasteiger partial charge in [0.15, 0.2) is 5.13 Å². The maximum Gasteiger partial charge on any atom is 0.308 e. The smallest absolute Gasteiger partial charge is 0.308 e. The van der Waals surface area contributed by atoms with Crippen molar-refractivity contribution in [2.45, 2.75) is 26.2 Å². The van der Waals surface area contributed by atoms with E-state index in [1.807, 2.05) is 30.6 Å². The van der Waals surface area contributed by atoms with Gasteiger partial charge in [-0.05, 0) is 54.4 Å². The Bertz CT molecular complexity index is 973. The highest BCUT2D eigenvalue weighted by Crippen LogP contribution is 2.39. The van der Waals surface area contributed by atoms with Gasteiger partial charge in [0.25, 0.3) is 0 Å². The number of anilines is 2. The molecule has 4 rings (SSSR count). The van der Waals surface area contributed by atoms with Crippen LogP contribution in [0, 0.1) is 17.8 Å². The molecule has 0 bridgehead atoms. The first-order valence-electron chi connectivity index (χ1n) is 9.93. The summed E-state index contributed by atoms with van der Waals surface area (Å²) in [6, 6.07) is 14.4. The number of hydrogen-bond acceptors (Lipinski definition) is 6. The van der Waals surface area contributed by atoms with Crippen LogP contribution in [0.5, 0.6) is 0 Å². The largest absolute Gasteiger partial charge is 0.469 e. The van der Waals surface area contributed by atoms with Crippen LogP contribution in [0.3, 0.4) is 0 Å². The maximum absolute atomic E-state index is 11.9. The first-order chi connectivity index (χ1) is 14.1. The minimum atomic E-state index is -0.0740. The zero-order valence-electron chi connectivity index (χ0n) is 16.7. The van der Waals surface area contributed by atoms with Crippen molar-refractivity contribution in [3.05, 3.63) is 60.4 Å². The molecule has 0 aliphatic heterocycles. The van der Waals surface area contributed by atoms with Crippen molar-refractivity contribution in [1.29, 1.82) is 0 Å². The van der Waals surface area contributed by atoms with Gasteiger partial charge in [-0.15, -0.1) is 0 Å². The predicted molar refractivity (Wildman–Crippen MR) is 116 cm³/mol. The standard InChI is InChI=1S/C23H25N3O2S/c1-15-10-17(12-19(15)22(27)28-2)11-16-8-9-24-21(13-16)26-23-25-14-20(29-23)18-6-4-3-5-7-18/h3-9,13-15,17,19H,10-12H2,1-2H3,(H,24,25,26)/t15-,17?,19+/m1/s1. The molecule has 0 spiro atoms. The number of esters is 1. The Hall–Kier alpha value is -2.73. The van der Waals surface area contributed by atoms with Crippen molar-refractivity contribution >= 4 is 28.3 Å². The van der Waals surface area contributed by atoms with Gasteiger partial charge in [-0.25, -0.2) is 9.97 Å². The van der Waals surface area contributed by atoms with Gasteiger partial charge in [0.1, 0.15) is 5.82 Å². The number of methoxy groups -OCH3 is 1. The van der Waals surface area contributed by atoms with E-state index in [0.29, 0.717) is 11.8 Å². The molecule has 0 radical (unpaired) electrons. The average Bonchev–Trinajstić information content (AvgIpc) is 3.35. The second-order valence-corrected chi connectivity index (χ2v) is 8.75. The van der Waals surface area contributed by atoms with Gasteiger partial charge in [0, 0.05) is 12.4 Å². The lowest BCUT2D eigenvalue weighted by Crippen LogP contribution is -2.18. The Morgan fingerprint density at radius 2 is 2.03 bits per heavy atom. The Kier molecular flexibility index (Phi) is 5.90. The number of pyridine rings is 1. The molecule has 3 atom stereocenters. The molecule has 2 aromatic heterocycles. The van der Waals surface area contributed by atoms with E-state index in [-0.39, 0.29) is 11.9 Å². The Labute approximate surface area is 175 Å². The highest BCUT2D eigenvalue weighted by atomic mass is 32.1. The van der Waals surface area contributed by atoms with Crippen molar-refractivity contribution < 1.29 is 9.53 Å². The highest BCUT2D eigenvalue weighted by Gasteiger charge is 2.36. The van der Waals surface area contributed by atoms with Crippen LogP contribution in [-0.2, 0) is 16.0 Å². The summed E-state index contributed by atoms with van der Waals surface area (Å²) < 4.78 is 4.96. The van der Waals surface area contributed by atoms with Crippen LogP contribution in [0.1, 0.15) is 25.3 Å². The number of ether oxygens (including phenoxy) is 1. The van der Waals surface area contributed by atoms with Crippen LogP contribution in [0.25, 0.3) is 10.4 Å². The molecule has 2 heterocycles. The quantitative estimate of drug-likeness (QED) is 0.560. The molecule has 1 aliphatic carbocycles. The first kappa shape index (κ1) is 19.6. The Balaban J connectivity index is 1.41. The summed E-state index contributed by atoms with van der Waals surface area (Å²) in [6.45, 7) is 2.15. The van der Waals surface area contributed by atoms with Crippen LogP contribution in [0.15, 0.2) is 54.9 Å². The summed E-state index contributed by atoms with van der Waals surface area (Å²) >= 11 is 1.61. The molecular formula is C23H25N3O2S. The number of carbonyl (C=O) groups is 1. The highest BCUT2D eigenvalue weighted by molar-refractivity contribution is 7.18. The molecule has 29 heavy (non-hydrogen) atoms. The van der Waals surface area contributed by atoms with Gasteiger partial charge in [0.05, 0.1) is 17.9 Å². The zero-order chi connectivity index (χ0) is 20.2. The van der Waals surface area contributed by atoms with Crippen molar-refractivity contribution in [3.63, 3.8) is 0 Å². The number of thiazole rings is 1. The molecule has 3 aromatic rings. The summed E-state index contributed by atoms with van der Waals surface area (Å²) in [4.78, 5) is 22.0. The monoisotopic (exact) mass is 407 g/mol. The fraction of sp³-hybridized carbons (Fsp3) is 0.348. The van der Waals surface area contributed by atoms with Crippen LogP contribution in [0.2, 0.25) is 0 Å². The third kappa shape index (κ3) is 4.65. The van der Waals surface area contributed by atoms with E-state index in [1.165, 1.54) is 12.7 Å². The summed E-state index contributed by atoms with van der Waals surface area (Å²) in [5.41, 5.74) is 2.39. The van der Waals surface area contributed by atoms with E-state index in [1.54, 1.807) is 11.3 Å². The molecule has 0 amide bonds. The van der Waals surface area contributed by atoms with Crippen LogP contribution in [0.4, 0.5) is 10.9 Å². The minimum Gasteiger partial charge on any atom is -0.469 e. The van der Waals surface area contributed by atoms with Gasteiger partial charge >= 0.3 is 5.97 Å². The molecule has 5 nitrogen and oxygen atoms in total. The average molecular weight is 408 g/mol. The van der Waals surface area contributed by atoms with Gasteiger partial charge in [-0.2, -0.15) is 0 Å². The number of benzene rings is 1. The van der Waals surface area contributed by atoms with Gasteiger partial charge in [-0.3, -0.25) is 4.79 Å². The topological polar surface area (TPSA) is 64.1 Å². The third-order valence-corrected chi connectivity index (χ3v) is 6.59. The van der Waals surface area contributed by atoms with Crippen molar-refractivity contribution in [1.82, 2.24) is 9.97 Å². The van der Waals surface area contributed by atoms with Gasteiger partial charge in [-0.1, -0.05) is 48.6 Å². The minimum absolute atomic E-state index is 0.0242. The lowest BCUT2D eigenvalue weighted by Gasteiger charge is -2.11. The predicted octanol–water partition coefficient (Wildman–Crippen LogP) is 5.33. The fourth-order valence-electron chi connectivity index (χ4n) is 4.20. The van der Waals surface area contributed by atoms with Crippen LogP contribution < -0.4 is 5.32 Å². The van der Waals surface area contributed by atoms with E-state index in [4.69, 9.17) is 4.74 Å². The molecule has 1 aliphatic rings. The molecule has 1 fully saturated rings. The Morgan fingerprint density at radius 3 is 2.83 bits per heavy atom. The summed E-state index contributed by atoms with van der Waals surface area (Å²) in [5.74, 6) is 1.62. The molecule has 1 unspecified atom stereocenters. The lowest BCUT2D eigenvalue weighted by molar-refractivity contribution is -0.146. The fourth-order valence-corrected chi connectivity index (χ4v) is 5.03. The summed E-state index contributed by atoms with van der Waals surface area (Å²) in [5, 5.41) is 4.15. The van der Waals surface area contributed by atoms with Crippen molar-refractivity contribution in [2.75, 3.05) is 12.4 Å². The zero-order valence-corrected chi connectivity index (χ0v) is 17.5. The van der Waals surface area contributed by atoms with Crippen molar-refractivity contribution in [2.24, 2.45) is 17.8 Å².